The van der Waals surface area contributed by atoms with Gasteiger partial charge in [0.05, 0.1) is 17.8 Å². The second-order valence-electron chi connectivity index (χ2n) is 9.42. The van der Waals surface area contributed by atoms with Gasteiger partial charge >= 0.3 is 0 Å². The highest BCUT2D eigenvalue weighted by Gasteiger charge is 2.31. The molecule has 3 heterocycles. The molecule has 0 saturated carbocycles. The number of hydrogen-bond donors (Lipinski definition) is 2. The third-order valence-electron chi connectivity index (χ3n) is 6.83. The van der Waals surface area contributed by atoms with Crippen LogP contribution < -0.4 is 11.1 Å². The van der Waals surface area contributed by atoms with Gasteiger partial charge in [-0.05, 0) is 29.5 Å². The van der Waals surface area contributed by atoms with Crippen LogP contribution in [0.15, 0.2) is 55.4 Å². The highest BCUT2D eigenvalue weighted by molar-refractivity contribution is 6.15. The number of fused-ring (bicyclic) bond motifs is 2. The number of likely N-dealkylation sites (tertiary alicyclic amines) is 1. The van der Waals surface area contributed by atoms with Crippen molar-refractivity contribution >= 4 is 51.0 Å². The van der Waals surface area contributed by atoms with E-state index in [4.69, 9.17) is 5.73 Å². The third kappa shape index (κ3) is 4.42. The Hall–Kier alpha value is -4.80. The summed E-state index contributed by atoms with van der Waals surface area (Å²) in [7, 11) is 3.44. The van der Waals surface area contributed by atoms with Gasteiger partial charge in [0.15, 0.2) is 11.3 Å². The molecule has 0 aliphatic carbocycles. The number of hydrogen-bond acceptors (Lipinski definition) is 7. The number of nitrogen functional groups attached to an aromatic ring is 1. The molecule has 0 bridgehead atoms. The number of benzene rings is 2. The zero-order valence-corrected chi connectivity index (χ0v) is 21.2. The van der Waals surface area contributed by atoms with Crippen LogP contribution in [-0.2, 0) is 16.0 Å². The zero-order valence-electron chi connectivity index (χ0n) is 21.2. The molecule has 1 atom stereocenters. The van der Waals surface area contributed by atoms with E-state index in [1.807, 2.05) is 30.3 Å². The second-order valence-corrected chi connectivity index (χ2v) is 9.42. The lowest BCUT2D eigenvalue weighted by atomic mass is 10.00. The Balaban J connectivity index is 1.50. The molecule has 4 aromatic rings. The molecule has 3 amide bonds. The van der Waals surface area contributed by atoms with Crippen molar-refractivity contribution in [3.05, 3.63) is 66.6 Å². The Morgan fingerprint density at radius 1 is 1.16 bits per heavy atom. The van der Waals surface area contributed by atoms with E-state index in [0.29, 0.717) is 36.2 Å². The Kier molecular flexibility index (Phi) is 6.50. The molecule has 1 aliphatic heterocycles. The number of nitrogens with two attached hydrogens (primary N) is 1. The fourth-order valence-corrected chi connectivity index (χ4v) is 4.81. The molecule has 1 fully saturated rings. The fourth-order valence-electron chi connectivity index (χ4n) is 4.81. The number of rotatable bonds is 6. The lowest BCUT2D eigenvalue weighted by Crippen LogP contribution is -2.27. The van der Waals surface area contributed by atoms with Crippen molar-refractivity contribution in [1.82, 2.24) is 29.5 Å². The third-order valence-corrected chi connectivity index (χ3v) is 6.83. The Morgan fingerprint density at radius 3 is 2.66 bits per heavy atom. The normalized spacial score (nSPS) is 15.1. The van der Waals surface area contributed by atoms with Crippen LogP contribution >= 0.6 is 0 Å². The highest BCUT2D eigenvalue weighted by atomic mass is 16.2. The highest BCUT2D eigenvalue weighted by Crippen LogP contribution is 2.31. The van der Waals surface area contributed by atoms with Gasteiger partial charge in [-0.1, -0.05) is 36.9 Å². The van der Waals surface area contributed by atoms with Gasteiger partial charge in [0.1, 0.15) is 12.1 Å². The molecule has 1 saturated heterocycles. The van der Waals surface area contributed by atoms with Crippen LogP contribution in [0.3, 0.4) is 0 Å². The van der Waals surface area contributed by atoms with Gasteiger partial charge in [0, 0.05) is 38.3 Å². The fraction of sp³-hybridized carbons (Fsp3) is 0.259. The maximum Gasteiger partial charge on any atom is 0.277 e. The predicted molar refractivity (Wildman–Crippen MR) is 144 cm³/mol. The first-order chi connectivity index (χ1) is 18.3. The summed E-state index contributed by atoms with van der Waals surface area (Å²) < 4.78 is 1.66. The second kappa shape index (κ2) is 9.92. The Morgan fingerprint density at radius 2 is 1.92 bits per heavy atom. The van der Waals surface area contributed by atoms with Gasteiger partial charge in [0.25, 0.3) is 5.91 Å². The maximum absolute atomic E-state index is 13.6. The molecule has 0 radical (unpaired) electrons. The van der Waals surface area contributed by atoms with Gasteiger partial charge in [0.2, 0.25) is 11.8 Å². The summed E-state index contributed by atoms with van der Waals surface area (Å²) in [4.78, 5) is 49.7. The number of carbonyl (C=O) groups is 3. The van der Waals surface area contributed by atoms with Gasteiger partial charge in [-0.15, -0.1) is 0 Å². The van der Waals surface area contributed by atoms with Crippen molar-refractivity contribution in [3.63, 3.8) is 0 Å². The topological polar surface area (TPSA) is 139 Å². The van der Waals surface area contributed by atoms with Crippen molar-refractivity contribution < 1.29 is 14.4 Å². The number of carbonyl (C=O) groups excluding carboxylic acids is 3. The zero-order chi connectivity index (χ0) is 27.0. The largest absolute Gasteiger partial charge is 0.383 e. The Bertz CT molecular complexity index is 1590. The quantitative estimate of drug-likeness (QED) is 0.378. The monoisotopic (exact) mass is 512 g/mol. The van der Waals surface area contributed by atoms with Crippen molar-refractivity contribution in [2.24, 2.45) is 0 Å². The van der Waals surface area contributed by atoms with Gasteiger partial charge in [-0.3, -0.25) is 14.4 Å². The molecule has 1 unspecified atom stereocenters. The van der Waals surface area contributed by atoms with E-state index in [9.17, 15) is 14.4 Å². The molecule has 11 nitrogen and oxygen atoms in total. The predicted octanol–water partition coefficient (Wildman–Crippen LogP) is 2.40. The standard InChI is InChI=1S/C27H28N8O3/c1-4-21(36)34-12-11-17(14-34)35-26-23(25(28)29-15-30-26)24(32-35)27(38)31-20-10-9-16(13-22(37)33(2)3)18-7-5-6-8-19(18)20/h4-10,15,17H,1,11-14H2,2-3H3,(H,31,38)(H2,28,29,30). The van der Waals surface area contributed by atoms with Crippen molar-refractivity contribution in [2.75, 3.05) is 38.2 Å². The van der Waals surface area contributed by atoms with E-state index in [-0.39, 0.29) is 35.8 Å². The van der Waals surface area contributed by atoms with E-state index >= 15 is 0 Å². The minimum atomic E-state index is -0.463. The number of likely N-dealkylation sites (N-methyl/N-ethyl adjacent to an activating group) is 1. The minimum Gasteiger partial charge on any atom is -0.383 e. The Labute approximate surface area is 218 Å². The summed E-state index contributed by atoms with van der Waals surface area (Å²) in [6, 6.07) is 11.0. The van der Waals surface area contributed by atoms with Crippen molar-refractivity contribution in [3.8, 4) is 0 Å². The lowest BCUT2D eigenvalue weighted by Gasteiger charge is -2.15. The molecule has 194 valence electrons. The average Bonchev–Trinajstić information content (AvgIpc) is 3.55. The van der Waals surface area contributed by atoms with E-state index in [2.05, 4.69) is 27.0 Å². The average molecular weight is 513 g/mol. The molecule has 2 aromatic carbocycles. The van der Waals surface area contributed by atoms with E-state index in [1.54, 1.807) is 34.6 Å². The van der Waals surface area contributed by atoms with Crippen LogP contribution in [0.5, 0.6) is 0 Å². The molecular formula is C27H28N8O3. The summed E-state index contributed by atoms with van der Waals surface area (Å²) >= 11 is 0. The van der Waals surface area contributed by atoms with Gasteiger partial charge < -0.3 is 20.9 Å². The molecular weight excluding hydrogens is 484 g/mol. The van der Waals surface area contributed by atoms with E-state index in [1.165, 1.54) is 12.4 Å². The number of nitrogens with one attached hydrogen (secondary N) is 1. The first-order valence-corrected chi connectivity index (χ1v) is 12.2. The van der Waals surface area contributed by atoms with Crippen LogP contribution in [0, 0.1) is 0 Å². The van der Waals surface area contributed by atoms with Gasteiger partial charge in [-0.25, -0.2) is 14.6 Å². The molecule has 38 heavy (non-hydrogen) atoms. The SMILES string of the molecule is C=CC(=O)N1CCC(n2nc(C(=O)Nc3ccc(CC(=O)N(C)C)c4ccccc34)c3c(N)ncnc32)C1. The number of anilines is 2. The summed E-state index contributed by atoms with van der Waals surface area (Å²) in [6.45, 7) is 4.53. The lowest BCUT2D eigenvalue weighted by molar-refractivity contribution is -0.128. The van der Waals surface area contributed by atoms with Crippen molar-refractivity contribution in [2.45, 2.75) is 18.9 Å². The number of nitrogens with zero attached hydrogens (tertiary/aromatic N) is 6. The van der Waals surface area contributed by atoms with Crippen molar-refractivity contribution in [1.29, 1.82) is 0 Å². The molecule has 11 heteroatoms. The smallest absolute Gasteiger partial charge is 0.277 e. The minimum absolute atomic E-state index is 0.0142. The van der Waals surface area contributed by atoms with E-state index < -0.39 is 5.91 Å². The molecule has 3 N–H and O–H groups in total. The number of amides is 3. The van der Waals surface area contributed by atoms with Crippen LogP contribution in [0.2, 0.25) is 0 Å². The van der Waals surface area contributed by atoms with Gasteiger partial charge in [-0.2, -0.15) is 5.10 Å². The summed E-state index contributed by atoms with van der Waals surface area (Å²) in [6.07, 6.45) is 3.52. The summed E-state index contributed by atoms with van der Waals surface area (Å²) in [5.74, 6) is -0.487. The summed E-state index contributed by atoms with van der Waals surface area (Å²) in [5, 5.41) is 9.61. The van der Waals surface area contributed by atoms with Crippen LogP contribution in [0.4, 0.5) is 11.5 Å². The molecule has 1 aliphatic rings. The number of aromatic nitrogens is 4. The molecule has 2 aromatic heterocycles. The molecule has 5 rings (SSSR count). The molecule has 0 spiro atoms. The first kappa shape index (κ1) is 24.9. The van der Waals surface area contributed by atoms with Crippen LogP contribution in [0.25, 0.3) is 21.8 Å². The van der Waals surface area contributed by atoms with E-state index in [0.717, 1.165) is 16.3 Å². The first-order valence-electron chi connectivity index (χ1n) is 12.2. The maximum atomic E-state index is 13.6. The van der Waals surface area contributed by atoms with Crippen LogP contribution in [-0.4, -0.2) is 74.5 Å². The van der Waals surface area contributed by atoms with Crippen LogP contribution in [0.1, 0.15) is 28.5 Å². The summed E-state index contributed by atoms with van der Waals surface area (Å²) in [5.41, 5.74) is 8.16.